The second kappa shape index (κ2) is 4.99. The van der Waals surface area contributed by atoms with Crippen molar-refractivity contribution in [1.82, 2.24) is 5.32 Å². The molecule has 0 saturated carbocycles. The number of likely N-dealkylation sites (N-methyl/N-ethyl adjacent to an activating group) is 1. The summed E-state index contributed by atoms with van der Waals surface area (Å²) < 4.78 is 0.369. The van der Waals surface area contributed by atoms with Crippen LogP contribution >= 0.6 is 15.9 Å². The summed E-state index contributed by atoms with van der Waals surface area (Å²) in [7, 11) is 1.64. The third kappa shape index (κ3) is 2.84. The Labute approximate surface area is 94.8 Å². The number of hydrogen-bond acceptors (Lipinski definition) is 4. The SMILES string of the molecule is CNCC(=O)c1ccc(Br)c([N+](=O)[O-])c1. The maximum absolute atomic E-state index is 11.4. The molecule has 6 heteroatoms. The summed E-state index contributed by atoms with van der Waals surface area (Å²) in [6.07, 6.45) is 0. The Hall–Kier alpha value is -1.27. The number of benzene rings is 1. The largest absolute Gasteiger partial charge is 0.313 e. The Balaban J connectivity index is 3.07. The van der Waals surface area contributed by atoms with Gasteiger partial charge in [-0.2, -0.15) is 0 Å². The van der Waals surface area contributed by atoms with E-state index in [9.17, 15) is 14.9 Å². The number of hydrogen-bond donors (Lipinski definition) is 1. The standard InChI is InChI=1S/C9H9BrN2O3/c1-11-5-9(13)6-2-3-7(10)8(4-6)12(14)15/h2-4,11H,5H2,1H3. The van der Waals surface area contributed by atoms with Crippen LogP contribution in [-0.2, 0) is 0 Å². The summed E-state index contributed by atoms with van der Waals surface area (Å²) in [6.45, 7) is 0.165. The van der Waals surface area contributed by atoms with E-state index in [1.54, 1.807) is 13.1 Å². The lowest BCUT2D eigenvalue weighted by Crippen LogP contribution is -2.18. The van der Waals surface area contributed by atoms with Crippen LogP contribution in [-0.4, -0.2) is 24.3 Å². The number of Topliss-reactive ketones (excluding diaryl/α,β-unsaturated/α-hetero) is 1. The molecule has 0 unspecified atom stereocenters. The molecule has 15 heavy (non-hydrogen) atoms. The minimum Gasteiger partial charge on any atom is -0.313 e. The van der Waals surface area contributed by atoms with Crippen LogP contribution in [0.25, 0.3) is 0 Å². The molecule has 5 nitrogen and oxygen atoms in total. The van der Waals surface area contributed by atoms with Gasteiger partial charge in [-0.15, -0.1) is 0 Å². The van der Waals surface area contributed by atoms with Crippen molar-refractivity contribution < 1.29 is 9.72 Å². The molecule has 0 spiro atoms. The van der Waals surface area contributed by atoms with Crippen LogP contribution in [0.3, 0.4) is 0 Å². The molecule has 0 amide bonds. The van der Waals surface area contributed by atoms with Gasteiger partial charge in [-0.3, -0.25) is 14.9 Å². The molecule has 0 atom stereocenters. The highest BCUT2D eigenvalue weighted by atomic mass is 79.9. The molecule has 1 N–H and O–H groups in total. The lowest BCUT2D eigenvalue weighted by atomic mass is 10.1. The molecule has 0 aliphatic heterocycles. The predicted octanol–water partition coefficient (Wildman–Crippen LogP) is 1.76. The van der Waals surface area contributed by atoms with E-state index in [0.717, 1.165) is 0 Å². The molecule has 0 saturated heterocycles. The van der Waals surface area contributed by atoms with Gasteiger partial charge in [0.15, 0.2) is 5.78 Å². The molecule has 1 aromatic rings. The number of nitrogens with zero attached hydrogens (tertiary/aromatic N) is 1. The number of nitrogens with one attached hydrogen (secondary N) is 1. The van der Waals surface area contributed by atoms with Gasteiger partial charge in [0.05, 0.1) is 15.9 Å². The predicted molar refractivity (Wildman–Crippen MR) is 59.1 cm³/mol. The quantitative estimate of drug-likeness (QED) is 0.515. The van der Waals surface area contributed by atoms with Gasteiger partial charge in [-0.25, -0.2) is 0 Å². The Kier molecular flexibility index (Phi) is 3.93. The molecule has 0 aromatic heterocycles. The fourth-order valence-electron chi connectivity index (χ4n) is 1.09. The number of nitro benzene ring substituents is 1. The highest BCUT2D eigenvalue weighted by molar-refractivity contribution is 9.10. The van der Waals surface area contributed by atoms with Crippen LogP contribution in [0, 0.1) is 10.1 Å². The summed E-state index contributed by atoms with van der Waals surface area (Å²) in [5.41, 5.74) is 0.233. The fourth-order valence-corrected chi connectivity index (χ4v) is 1.48. The fraction of sp³-hybridized carbons (Fsp3) is 0.222. The third-order valence-electron chi connectivity index (χ3n) is 1.80. The Morgan fingerprint density at radius 3 is 2.80 bits per heavy atom. The van der Waals surface area contributed by atoms with E-state index in [4.69, 9.17) is 0 Å². The molecule has 0 fully saturated rings. The molecule has 1 rings (SSSR count). The van der Waals surface area contributed by atoms with Crippen LogP contribution in [0.4, 0.5) is 5.69 Å². The average molecular weight is 273 g/mol. The van der Waals surface area contributed by atoms with Gasteiger partial charge in [-0.05, 0) is 35.1 Å². The Bertz CT molecular complexity index is 406. The molecular weight excluding hydrogens is 264 g/mol. The van der Waals surface area contributed by atoms with Gasteiger partial charge in [-0.1, -0.05) is 0 Å². The van der Waals surface area contributed by atoms with Crippen molar-refractivity contribution >= 4 is 27.4 Å². The van der Waals surface area contributed by atoms with Crippen molar-refractivity contribution in [3.8, 4) is 0 Å². The van der Waals surface area contributed by atoms with Gasteiger partial charge in [0.1, 0.15) is 0 Å². The molecule has 80 valence electrons. The molecular formula is C9H9BrN2O3. The number of halogens is 1. The smallest absolute Gasteiger partial charge is 0.284 e. The van der Waals surface area contributed by atoms with Crippen LogP contribution in [0.1, 0.15) is 10.4 Å². The molecule has 0 heterocycles. The van der Waals surface area contributed by atoms with Crippen LogP contribution in [0.5, 0.6) is 0 Å². The summed E-state index contributed by atoms with van der Waals surface area (Å²) >= 11 is 3.05. The highest BCUT2D eigenvalue weighted by Gasteiger charge is 2.15. The van der Waals surface area contributed by atoms with E-state index in [1.165, 1.54) is 12.1 Å². The number of nitro groups is 1. The zero-order valence-electron chi connectivity index (χ0n) is 7.99. The van der Waals surface area contributed by atoms with Gasteiger partial charge in [0.25, 0.3) is 5.69 Å². The number of carbonyl (C=O) groups is 1. The molecule has 1 aromatic carbocycles. The van der Waals surface area contributed by atoms with E-state index in [2.05, 4.69) is 21.2 Å². The zero-order valence-corrected chi connectivity index (χ0v) is 9.58. The third-order valence-corrected chi connectivity index (χ3v) is 2.47. The summed E-state index contributed by atoms with van der Waals surface area (Å²) in [5.74, 6) is -0.173. The zero-order chi connectivity index (χ0) is 11.4. The van der Waals surface area contributed by atoms with Crippen molar-refractivity contribution in [2.75, 3.05) is 13.6 Å². The second-order valence-corrected chi connectivity index (χ2v) is 3.73. The maximum atomic E-state index is 11.4. The van der Waals surface area contributed by atoms with Crippen molar-refractivity contribution in [2.45, 2.75) is 0 Å². The van der Waals surface area contributed by atoms with E-state index in [-0.39, 0.29) is 18.0 Å². The molecule has 0 aliphatic carbocycles. The van der Waals surface area contributed by atoms with E-state index in [1.807, 2.05) is 0 Å². The number of rotatable bonds is 4. The van der Waals surface area contributed by atoms with E-state index < -0.39 is 4.92 Å². The first-order valence-electron chi connectivity index (χ1n) is 4.18. The first-order chi connectivity index (χ1) is 7.06. The lowest BCUT2D eigenvalue weighted by molar-refractivity contribution is -0.385. The second-order valence-electron chi connectivity index (χ2n) is 2.88. The van der Waals surface area contributed by atoms with E-state index in [0.29, 0.717) is 10.0 Å². The lowest BCUT2D eigenvalue weighted by Gasteiger charge is -2.01. The van der Waals surface area contributed by atoms with Crippen LogP contribution < -0.4 is 5.32 Å². The van der Waals surface area contributed by atoms with E-state index >= 15 is 0 Å². The average Bonchev–Trinajstić information content (AvgIpc) is 2.18. The minimum atomic E-state index is -0.528. The number of carbonyl (C=O) groups excluding carboxylic acids is 1. The van der Waals surface area contributed by atoms with Crippen molar-refractivity contribution in [3.63, 3.8) is 0 Å². The van der Waals surface area contributed by atoms with Crippen molar-refractivity contribution in [1.29, 1.82) is 0 Å². The first kappa shape index (κ1) is 11.8. The van der Waals surface area contributed by atoms with Gasteiger partial charge < -0.3 is 5.32 Å². The van der Waals surface area contributed by atoms with Gasteiger partial charge in [0.2, 0.25) is 0 Å². The number of ketones is 1. The van der Waals surface area contributed by atoms with Gasteiger partial charge >= 0.3 is 0 Å². The monoisotopic (exact) mass is 272 g/mol. The topological polar surface area (TPSA) is 72.2 Å². The van der Waals surface area contributed by atoms with Crippen LogP contribution in [0.2, 0.25) is 0 Å². The van der Waals surface area contributed by atoms with Crippen molar-refractivity contribution in [3.05, 3.63) is 38.3 Å². The molecule has 0 radical (unpaired) electrons. The Morgan fingerprint density at radius 2 is 2.27 bits per heavy atom. The minimum absolute atomic E-state index is 0.100. The summed E-state index contributed by atoms with van der Waals surface area (Å²) in [5, 5.41) is 13.3. The summed E-state index contributed by atoms with van der Waals surface area (Å²) in [4.78, 5) is 21.5. The van der Waals surface area contributed by atoms with Gasteiger partial charge in [0, 0.05) is 11.6 Å². The molecule has 0 aliphatic rings. The first-order valence-corrected chi connectivity index (χ1v) is 4.97. The highest BCUT2D eigenvalue weighted by Crippen LogP contribution is 2.25. The van der Waals surface area contributed by atoms with Crippen LogP contribution in [0.15, 0.2) is 22.7 Å². The normalized spacial score (nSPS) is 10.0. The Morgan fingerprint density at radius 1 is 1.60 bits per heavy atom. The maximum Gasteiger partial charge on any atom is 0.284 e. The molecule has 0 bridgehead atoms. The van der Waals surface area contributed by atoms with Crippen molar-refractivity contribution in [2.24, 2.45) is 0 Å². The summed E-state index contributed by atoms with van der Waals surface area (Å²) in [6, 6.07) is 4.32.